The SMILES string of the molecule is CC(NC1=NCCN(C(=O)OC(C)(C)C)C1)C1CCC1. The number of nitrogens with zero attached hydrogens (tertiary/aromatic N) is 2. The first-order valence-corrected chi connectivity index (χ1v) is 7.63. The molecule has 20 heavy (non-hydrogen) atoms. The number of carbonyl (C=O) groups excluding carboxylic acids is 1. The normalized spacial score (nSPS) is 21.8. The monoisotopic (exact) mass is 281 g/mol. The maximum absolute atomic E-state index is 12.1. The van der Waals surface area contributed by atoms with Gasteiger partial charge in [0.1, 0.15) is 11.4 Å². The Kier molecular flexibility index (Phi) is 4.55. The van der Waals surface area contributed by atoms with E-state index in [9.17, 15) is 4.79 Å². The number of carbonyl (C=O) groups is 1. The highest BCUT2D eigenvalue weighted by Gasteiger charge is 2.28. The summed E-state index contributed by atoms with van der Waals surface area (Å²) in [5.74, 6) is 1.68. The van der Waals surface area contributed by atoms with Crippen molar-refractivity contribution in [1.82, 2.24) is 10.2 Å². The number of amidine groups is 1. The Balaban J connectivity index is 1.84. The van der Waals surface area contributed by atoms with Gasteiger partial charge >= 0.3 is 6.09 Å². The van der Waals surface area contributed by atoms with Crippen LogP contribution in [-0.4, -0.2) is 48.1 Å². The van der Waals surface area contributed by atoms with Crippen LogP contribution in [0, 0.1) is 5.92 Å². The van der Waals surface area contributed by atoms with Crippen molar-refractivity contribution in [2.24, 2.45) is 10.9 Å². The lowest BCUT2D eigenvalue weighted by molar-refractivity contribution is 0.0275. The second-order valence-electron chi connectivity index (χ2n) is 6.85. The van der Waals surface area contributed by atoms with Crippen molar-refractivity contribution in [3.63, 3.8) is 0 Å². The quantitative estimate of drug-likeness (QED) is 0.845. The van der Waals surface area contributed by atoms with E-state index in [4.69, 9.17) is 4.74 Å². The van der Waals surface area contributed by atoms with Crippen molar-refractivity contribution < 1.29 is 9.53 Å². The summed E-state index contributed by atoms with van der Waals surface area (Å²) < 4.78 is 5.41. The largest absolute Gasteiger partial charge is 0.444 e. The van der Waals surface area contributed by atoms with Crippen LogP contribution in [0.3, 0.4) is 0 Å². The molecule has 5 heteroatoms. The molecule has 0 radical (unpaired) electrons. The van der Waals surface area contributed by atoms with Crippen LogP contribution in [0.5, 0.6) is 0 Å². The molecule has 0 saturated heterocycles. The molecule has 1 N–H and O–H groups in total. The predicted octanol–water partition coefficient (Wildman–Crippen LogP) is 2.41. The van der Waals surface area contributed by atoms with Crippen LogP contribution in [-0.2, 0) is 4.74 Å². The minimum Gasteiger partial charge on any atom is -0.444 e. The lowest BCUT2D eigenvalue weighted by atomic mass is 9.80. The van der Waals surface area contributed by atoms with Gasteiger partial charge in [-0.1, -0.05) is 6.42 Å². The van der Waals surface area contributed by atoms with Crippen LogP contribution in [0.25, 0.3) is 0 Å². The van der Waals surface area contributed by atoms with Gasteiger partial charge in [0.2, 0.25) is 0 Å². The van der Waals surface area contributed by atoms with Crippen LogP contribution < -0.4 is 5.32 Å². The van der Waals surface area contributed by atoms with Crippen LogP contribution in [0.4, 0.5) is 4.79 Å². The van der Waals surface area contributed by atoms with Crippen molar-refractivity contribution >= 4 is 11.9 Å². The number of hydrogen-bond donors (Lipinski definition) is 1. The Hall–Kier alpha value is -1.26. The Morgan fingerprint density at radius 2 is 2.15 bits per heavy atom. The smallest absolute Gasteiger partial charge is 0.410 e. The number of hydrogen-bond acceptors (Lipinski definition) is 4. The molecule has 1 aliphatic carbocycles. The minimum absolute atomic E-state index is 0.247. The molecule has 114 valence electrons. The van der Waals surface area contributed by atoms with Gasteiger partial charge in [-0.3, -0.25) is 9.89 Å². The van der Waals surface area contributed by atoms with Gasteiger partial charge in [-0.2, -0.15) is 0 Å². The molecule has 2 aliphatic rings. The summed E-state index contributed by atoms with van der Waals surface area (Å²) in [4.78, 5) is 18.3. The Morgan fingerprint density at radius 3 is 2.70 bits per heavy atom. The van der Waals surface area contributed by atoms with E-state index in [0.717, 1.165) is 11.8 Å². The Morgan fingerprint density at radius 1 is 1.45 bits per heavy atom. The van der Waals surface area contributed by atoms with Crippen LogP contribution in [0.15, 0.2) is 4.99 Å². The van der Waals surface area contributed by atoms with Crippen LogP contribution in [0.1, 0.15) is 47.0 Å². The highest BCUT2D eigenvalue weighted by atomic mass is 16.6. The van der Waals surface area contributed by atoms with Crippen LogP contribution >= 0.6 is 0 Å². The van der Waals surface area contributed by atoms with Gasteiger partial charge in [0.15, 0.2) is 0 Å². The van der Waals surface area contributed by atoms with Gasteiger partial charge in [0, 0.05) is 12.6 Å². The fraction of sp³-hybridized carbons (Fsp3) is 0.867. The third-order valence-corrected chi connectivity index (χ3v) is 3.92. The maximum atomic E-state index is 12.1. The topological polar surface area (TPSA) is 53.9 Å². The van der Waals surface area contributed by atoms with Crippen LogP contribution in [0.2, 0.25) is 0 Å². The molecule has 0 aromatic heterocycles. The maximum Gasteiger partial charge on any atom is 0.410 e. The zero-order chi connectivity index (χ0) is 14.8. The molecule has 1 fully saturated rings. The molecule has 2 rings (SSSR count). The summed E-state index contributed by atoms with van der Waals surface area (Å²) in [6, 6.07) is 0.445. The summed E-state index contributed by atoms with van der Waals surface area (Å²) in [6.07, 6.45) is 3.70. The molecule has 1 aliphatic heterocycles. The fourth-order valence-electron chi connectivity index (χ4n) is 2.51. The predicted molar refractivity (Wildman–Crippen MR) is 80.0 cm³/mol. The first kappa shape index (κ1) is 15.1. The third-order valence-electron chi connectivity index (χ3n) is 3.92. The van der Waals surface area contributed by atoms with E-state index in [1.807, 2.05) is 20.8 Å². The van der Waals surface area contributed by atoms with E-state index in [1.54, 1.807) is 4.90 Å². The second kappa shape index (κ2) is 6.02. The number of aliphatic imine (C=N–C) groups is 1. The molecule has 0 aromatic rings. The Bertz CT molecular complexity index is 383. The summed E-state index contributed by atoms with van der Waals surface area (Å²) in [5, 5.41) is 3.47. The van der Waals surface area contributed by atoms with Crippen molar-refractivity contribution in [3.8, 4) is 0 Å². The lowest BCUT2D eigenvalue weighted by Crippen LogP contribution is -2.50. The average Bonchev–Trinajstić information content (AvgIpc) is 2.24. The van der Waals surface area contributed by atoms with E-state index < -0.39 is 5.60 Å². The van der Waals surface area contributed by atoms with E-state index in [1.165, 1.54) is 19.3 Å². The molecule has 5 nitrogen and oxygen atoms in total. The summed E-state index contributed by atoms with van der Waals surface area (Å²) >= 11 is 0. The van der Waals surface area contributed by atoms with E-state index in [2.05, 4.69) is 17.2 Å². The molecule has 1 heterocycles. The van der Waals surface area contributed by atoms with Gasteiger partial charge < -0.3 is 10.1 Å². The number of nitrogens with one attached hydrogen (secondary N) is 1. The summed E-state index contributed by atoms with van der Waals surface area (Å²) in [7, 11) is 0. The first-order chi connectivity index (χ1) is 9.35. The fourth-order valence-corrected chi connectivity index (χ4v) is 2.51. The standard InChI is InChI=1S/C15H27N3O2/c1-11(12-6-5-7-12)17-13-10-18(9-8-16-13)14(19)20-15(2,3)4/h11-12H,5-10H2,1-4H3,(H,16,17). The number of amides is 1. The minimum atomic E-state index is -0.446. The van der Waals surface area contributed by atoms with E-state index in [-0.39, 0.29) is 6.09 Å². The Labute approximate surface area is 121 Å². The third kappa shape index (κ3) is 4.12. The van der Waals surface area contributed by atoms with Gasteiger partial charge in [-0.25, -0.2) is 4.79 Å². The lowest BCUT2D eigenvalue weighted by Gasteiger charge is -2.35. The van der Waals surface area contributed by atoms with Gasteiger partial charge in [0.05, 0.1) is 13.1 Å². The zero-order valence-corrected chi connectivity index (χ0v) is 13.1. The van der Waals surface area contributed by atoms with Gasteiger partial charge in [0.25, 0.3) is 0 Å². The second-order valence-corrected chi connectivity index (χ2v) is 6.85. The van der Waals surface area contributed by atoms with E-state index >= 15 is 0 Å². The van der Waals surface area contributed by atoms with Gasteiger partial charge in [-0.15, -0.1) is 0 Å². The molecule has 1 saturated carbocycles. The van der Waals surface area contributed by atoms with Crippen molar-refractivity contribution in [1.29, 1.82) is 0 Å². The van der Waals surface area contributed by atoms with Gasteiger partial charge in [-0.05, 0) is 46.5 Å². The highest BCUT2D eigenvalue weighted by molar-refractivity contribution is 5.88. The molecule has 1 amide bonds. The average molecular weight is 281 g/mol. The van der Waals surface area contributed by atoms with Crippen molar-refractivity contribution in [2.75, 3.05) is 19.6 Å². The molecule has 0 spiro atoms. The molecule has 1 atom stereocenters. The van der Waals surface area contributed by atoms with Crippen molar-refractivity contribution in [3.05, 3.63) is 0 Å². The molecule has 0 aromatic carbocycles. The van der Waals surface area contributed by atoms with Crippen molar-refractivity contribution in [2.45, 2.75) is 58.6 Å². The molecule has 1 unspecified atom stereocenters. The summed E-state index contributed by atoms with van der Waals surface area (Å²) in [5.41, 5.74) is -0.446. The first-order valence-electron chi connectivity index (χ1n) is 7.63. The molecular formula is C15H27N3O2. The molecule has 0 bridgehead atoms. The number of ether oxygens (including phenoxy) is 1. The molecular weight excluding hydrogens is 254 g/mol. The van der Waals surface area contributed by atoms with E-state index in [0.29, 0.717) is 25.7 Å². The summed E-state index contributed by atoms with van der Waals surface area (Å²) in [6.45, 7) is 9.70. The zero-order valence-electron chi connectivity index (χ0n) is 13.1. The number of rotatable bonds is 2. The highest BCUT2D eigenvalue weighted by Crippen LogP contribution is 2.29.